The summed E-state index contributed by atoms with van der Waals surface area (Å²) in [6, 6.07) is 0. The van der Waals surface area contributed by atoms with Crippen molar-refractivity contribution in [3.05, 3.63) is 0 Å². The zero-order valence-corrected chi connectivity index (χ0v) is 18.7. The fourth-order valence-electron chi connectivity index (χ4n) is 4.34. The van der Waals surface area contributed by atoms with Crippen LogP contribution in [0, 0.1) is 0 Å². The first-order valence-corrected chi connectivity index (χ1v) is 10.8. The summed E-state index contributed by atoms with van der Waals surface area (Å²) in [4.78, 5) is 7.13. The largest absolute Gasteiger partial charge is 0.379 e. The molecule has 0 radical (unpaired) electrons. The first-order valence-electron chi connectivity index (χ1n) is 9.71. The highest BCUT2D eigenvalue weighted by atomic mass is 127. The van der Waals surface area contributed by atoms with Gasteiger partial charge in [-0.1, -0.05) is 19.3 Å². The first kappa shape index (κ1) is 21.6. The van der Waals surface area contributed by atoms with Gasteiger partial charge in [-0.2, -0.15) is 11.8 Å². The van der Waals surface area contributed by atoms with Gasteiger partial charge in [-0.15, -0.1) is 24.0 Å². The smallest absolute Gasteiger partial charge is 0.191 e. The van der Waals surface area contributed by atoms with Crippen LogP contribution < -0.4 is 10.6 Å². The van der Waals surface area contributed by atoms with Crippen LogP contribution in [0.2, 0.25) is 0 Å². The zero-order chi connectivity index (χ0) is 16.7. The highest BCUT2D eigenvalue weighted by Gasteiger charge is 2.38. The third-order valence-corrected chi connectivity index (χ3v) is 7.19. The zero-order valence-electron chi connectivity index (χ0n) is 15.6. The van der Waals surface area contributed by atoms with Crippen molar-refractivity contribution >= 4 is 41.7 Å². The molecular formula is C18H35IN4OS. The summed E-state index contributed by atoms with van der Waals surface area (Å²) < 4.78 is 5.58. The van der Waals surface area contributed by atoms with Crippen molar-refractivity contribution < 1.29 is 4.74 Å². The third kappa shape index (κ3) is 6.14. The van der Waals surface area contributed by atoms with Crippen molar-refractivity contribution in [1.29, 1.82) is 0 Å². The Labute approximate surface area is 174 Å². The molecule has 1 unspecified atom stereocenters. The van der Waals surface area contributed by atoms with Crippen LogP contribution in [-0.4, -0.2) is 73.8 Å². The summed E-state index contributed by atoms with van der Waals surface area (Å²) in [5.74, 6) is 2.29. The van der Waals surface area contributed by atoms with E-state index in [0.29, 0.717) is 5.54 Å². The molecule has 0 spiro atoms. The summed E-state index contributed by atoms with van der Waals surface area (Å²) >= 11 is 2.10. The van der Waals surface area contributed by atoms with Gasteiger partial charge in [0.15, 0.2) is 5.96 Å². The van der Waals surface area contributed by atoms with Gasteiger partial charge in [0.1, 0.15) is 0 Å². The van der Waals surface area contributed by atoms with Gasteiger partial charge >= 0.3 is 0 Å². The Morgan fingerprint density at radius 3 is 2.56 bits per heavy atom. The monoisotopic (exact) mass is 482 g/mol. The second kappa shape index (κ2) is 11.2. The summed E-state index contributed by atoms with van der Waals surface area (Å²) in [6.07, 6.45) is 9.39. The minimum absolute atomic E-state index is 0. The Morgan fingerprint density at radius 2 is 1.92 bits per heavy atom. The van der Waals surface area contributed by atoms with Crippen molar-refractivity contribution in [2.45, 2.75) is 55.7 Å². The number of halogens is 1. The molecular weight excluding hydrogens is 447 g/mol. The molecule has 1 atom stereocenters. The summed E-state index contributed by atoms with van der Waals surface area (Å²) in [5.41, 5.74) is 0.293. The maximum atomic E-state index is 5.58. The molecule has 1 aliphatic carbocycles. The number of morpholine rings is 1. The van der Waals surface area contributed by atoms with Gasteiger partial charge in [-0.25, -0.2) is 0 Å². The Balaban J connectivity index is 0.00000225. The molecule has 0 aromatic carbocycles. The second-order valence-electron chi connectivity index (χ2n) is 7.33. The van der Waals surface area contributed by atoms with Crippen molar-refractivity contribution in [2.75, 3.05) is 52.2 Å². The van der Waals surface area contributed by atoms with Crippen LogP contribution in [0.15, 0.2) is 4.99 Å². The number of thioether (sulfide) groups is 1. The second-order valence-corrected chi connectivity index (χ2v) is 8.73. The van der Waals surface area contributed by atoms with Gasteiger partial charge < -0.3 is 15.4 Å². The van der Waals surface area contributed by atoms with Gasteiger partial charge in [-0.05, 0) is 31.4 Å². The van der Waals surface area contributed by atoms with Gasteiger partial charge in [0.25, 0.3) is 0 Å². The van der Waals surface area contributed by atoms with E-state index in [9.17, 15) is 0 Å². The average molecular weight is 482 g/mol. The average Bonchev–Trinajstić information content (AvgIpc) is 3.17. The Kier molecular flexibility index (Phi) is 9.65. The van der Waals surface area contributed by atoms with E-state index in [2.05, 4.69) is 32.3 Å². The molecule has 0 aromatic heterocycles. The standard InChI is InChI=1S/C18H34N4OS.HI/c1-19-17(20-14-16-6-5-13-24-16)21-15-18(7-3-2-4-8-18)22-9-11-23-12-10-22;/h16H,2-15H2,1H3,(H2,19,20,21);1H. The first-order chi connectivity index (χ1) is 11.8. The van der Waals surface area contributed by atoms with Gasteiger partial charge in [0.05, 0.1) is 13.2 Å². The fourth-order valence-corrected chi connectivity index (χ4v) is 5.54. The molecule has 3 fully saturated rings. The van der Waals surface area contributed by atoms with Crippen LogP contribution in [0.3, 0.4) is 0 Å². The van der Waals surface area contributed by atoms with E-state index >= 15 is 0 Å². The van der Waals surface area contributed by atoms with Gasteiger partial charge in [0.2, 0.25) is 0 Å². The third-order valence-electron chi connectivity index (χ3n) is 5.80. The van der Waals surface area contributed by atoms with Crippen molar-refractivity contribution in [1.82, 2.24) is 15.5 Å². The van der Waals surface area contributed by atoms with E-state index in [1.165, 1.54) is 50.7 Å². The molecule has 2 saturated heterocycles. The SMILES string of the molecule is CN=C(NCC1CCCS1)NCC1(N2CCOCC2)CCCCC1.I. The highest BCUT2D eigenvalue weighted by molar-refractivity contribution is 14.0. The van der Waals surface area contributed by atoms with Crippen LogP contribution >= 0.6 is 35.7 Å². The lowest BCUT2D eigenvalue weighted by Gasteiger charge is -2.48. The van der Waals surface area contributed by atoms with E-state index < -0.39 is 0 Å². The van der Waals surface area contributed by atoms with Crippen molar-refractivity contribution in [3.63, 3.8) is 0 Å². The molecule has 7 heteroatoms. The normalized spacial score (nSPS) is 27.6. The predicted molar refractivity (Wildman–Crippen MR) is 118 cm³/mol. The van der Waals surface area contributed by atoms with Crippen LogP contribution in [0.25, 0.3) is 0 Å². The van der Waals surface area contributed by atoms with Crippen molar-refractivity contribution in [3.8, 4) is 0 Å². The van der Waals surface area contributed by atoms with Crippen LogP contribution in [0.1, 0.15) is 44.9 Å². The van der Waals surface area contributed by atoms with Gasteiger partial charge in [-0.3, -0.25) is 9.89 Å². The van der Waals surface area contributed by atoms with E-state index in [-0.39, 0.29) is 24.0 Å². The minimum atomic E-state index is 0. The molecule has 0 amide bonds. The molecule has 3 aliphatic rings. The molecule has 0 aromatic rings. The van der Waals surface area contributed by atoms with Crippen LogP contribution in [0.5, 0.6) is 0 Å². The number of nitrogens with one attached hydrogen (secondary N) is 2. The number of hydrogen-bond acceptors (Lipinski definition) is 4. The van der Waals surface area contributed by atoms with E-state index in [0.717, 1.165) is 50.6 Å². The molecule has 1 saturated carbocycles. The molecule has 0 bridgehead atoms. The van der Waals surface area contributed by atoms with E-state index in [4.69, 9.17) is 4.74 Å². The fraction of sp³-hybridized carbons (Fsp3) is 0.944. The molecule has 3 rings (SSSR count). The maximum Gasteiger partial charge on any atom is 0.191 e. The van der Waals surface area contributed by atoms with E-state index in [1.54, 1.807) is 0 Å². The molecule has 2 heterocycles. The van der Waals surface area contributed by atoms with E-state index in [1.807, 2.05) is 7.05 Å². The number of hydrogen-bond donors (Lipinski definition) is 2. The predicted octanol–water partition coefficient (Wildman–Crippen LogP) is 2.70. The lowest BCUT2D eigenvalue weighted by Crippen LogP contribution is -2.60. The molecule has 5 nitrogen and oxygen atoms in total. The van der Waals surface area contributed by atoms with Gasteiger partial charge in [0, 0.05) is 44.0 Å². The van der Waals surface area contributed by atoms with Crippen molar-refractivity contribution in [2.24, 2.45) is 4.99 Å². The number of rotatable bonds is 5. The highest BCUT2D eigenvalue weighted by Crippen LogP contribution is 2.33. The summed E-state index contributed by atoms with van der Waals surface area (Å²) in [6.45, 7) is 5.96. The number of aliphatic imine (C=N–C) groups is 1. The molecule has 2 N–H and O–H groups in total. The molecule has 25 heavy (non-hydrogen) atoms. The van der Waals surface area contributed by atoms with Crippen LogP contribution in [-0.2, 0) is 4.74 Å². The van der Waals surface area contributed by atoms with Crippen LogP contribution in [0.4, 0.5) is 0 Å². The summed E-state index contributed by atoms with van der Waals surface area (Å²) in [5, 5.41) is 7.95. The Morgan fingerprint density at radius 1 is 1.16 bits per heavy atom. The lowest BCUT2D eigenvalue weighted by molar-refractivity contribution is -0.0352. The quantitative estimate of drug-likeness (QED) is 0.359. The minimum Gasteiger partial charge on any atom is -0.379 e. The topological polar surface area (TPSA) is 48.9 Å². The Bertz CT molecular complexity index is 406. The Hall–Kier alpha value is 0.270. The number of ether oxygens (including phenoxy) is 1. The number of guanidine groups is 1. The lowest BCUT2D eigenvalue weighted by atomic mass is 9.80. The number of nitrogens with zero attached hydrogens (tertiary/aromatic N) is 2. The molecule has 2 aliphatic heterocycles. The molecule has 146 valence electrons. The summed E-state index contributed by atoms with van der Waals surface area (Å²) in [7, 11) is 1.89. The maximum absolute atomic E-state index is 5.58.